The van der Waals surface area contributed by atoms with E-state index in [4.69, 9.17) is 4.98 Å². The summed E-state index contributed by atoms with van der Waals surface area (Å²) in [6.07, 6.45) is 0. The van der Waals surface area contributed by atoms with Crippen molar-refractivity contribution in [1.29, 1.82) is 0 Å². The van der Waals surface area contributed by atoms with E-state index in [0.29, 0.717) is 0 Å². The molecule has 1 heteroatoms. The lowest BCUT2D eigenvalue weighted by Crippen LogP contribution is -2.14. The van der Waals surface area contributed by atoms with Gasteiger partial charge in [0.15, 0.2) is 0 Å². The van der Waals surface area contributed by atoms with Crippen LogP contribution in [0.3, 0.4) is 0 Å². The van der Waals surface area contributed by atoms with Crippen LogP contribution in [-0.4, -0.2) is 4.98 Å². The Morgan fingerprint density at radius 2 is 0.959 bits per heavy atom. The number of para-hydroxylation sites is 1. The van der Waals surface area contributed by atoms with E-state index in [0.717, 1.165) is 16.8 Å². The first-order valence-corrected chi connectivity index (χ1v) is 17.1. The zero-order valence-electron chi connectivity index (χ0n) is 27.5. The van der Waals surface area contributed by atoms with E-state index >= 15 is 0 Å². The largest absolute Gasteiger partial charge is 0.247 e. The summed E-state index contributed by atoms with van der Waals surface area (Å²) in [6, 6.07) is 60.1. The molecule has 0 fully saturated rings. The Labute approximate surface area is 286 Å². The molecule has 230 valence electrons. The molecule has 1 nitrogen and oxygen atoms in total. The number of pyridine rings is 1. The van der Waals surface area contributed by atoms with E-state index in [-0.39, 0.29) is 5.41 Å². The van der Waals surface area contributed by atoms with Crippen molar-refractivity contribution in [2.75, 3.05) is 0 Å². The minimum Gasteiger partial charge on any atom is -0.247 e. The molecule has 1 heterocycles. The van der Waals surface area contributed by atoms with Crippen LogP contribution in [0.4, 0.5) is 0 Å². The van der Waals surface area contributed by atoms with Crippen LogP contribution in [-0.2, 0) is 5.41 Å². The lowest BCUT2D eigenvalue weighted by Gasteiger charge is -2.22. The average Bonchev–Trinajstić information content (AvgIpc) is 3.38. The normalized spacial score (nSPS) is 13.3. The quantitative estimate of drug-likeness (QED) is 0.178. The predicted octanol–water partition coefficient (Wildman–Crippen LogP) is 13.0. The van der Waals surface area contributed by atoms with Crippen molar-refractivity contribution in [2.45, 2.75) is 19.3 Å². The number of hydrogen-bond acceptors (Lipinski definition) is 1. The minimum absolute atomic E-state index is 0.0792. The summed E-state index contributed by atoms with van der Waals surface area (Å²) in [7, 11) is 0. The molecule has 0 amide bonds. The van der Waals surface area contributed by atoms with Crippen molar-refractivity contribution in [1.82, 2.24) is 4.98 Å². The summed E-state index contributed by atoms with van der Waals surface area (Å²) in [6.45, 7) is 4.70. The van der Waals surface area contributed by atoms with E-state index < -0.39 is 0 Å². The van der Waals surface area contributed by atoms with Crippen molar-refractivity contribution in [3.63, 3.8) is 0 Å². The van der Waals surface area contributed by atoms with Crippen LogP contribution in [0.1, 0.15) is 25.0 Å². The Kier molecular flexibility index (Phi) is 5.99. The molecule has 0 saturated carbocycles. The van der Waals surface area contributed by atoms with Crippen LogP contribution >= 0.6 is 0 Å². The van der Waals surface area contributed by atoms with Gasteiger partial charge >= 0.3 is 0 Å². The summed E-state index contributed by atoms with van der Waals surface area (Å²) >= 11 is 0. The summed E-state index contributed by atoms with van der Waals surface area (Å²) in [5.41, 5.74) is 13.4. The van der Waals surface area contributed by atoms with Gasteiger partial charge in [0.25, 0.3) is 0 Å². The Morgan fingerprint density at radius 3 is 1.73 bits per heavy atom. The average molecular weight is 624 g/mol. The zero-order valence-corrected chi connectivity index (χ0v) is 27.5. The van der Waals surface area contributed by atoms with Crippen LogP contribution in [0, 0.1) is 0 Å². The van der Waals surface area contributed by atoms with Gasteiger partial charge in [-0.05, 0) is 114 Å². The summed E-state index contributed by atoms with van der Waals surface area (Å²) in [5, 5.41) is 8.66. The smallest absolute Gasteiger partial charge is 0.0788 e. The fourth-order valence-corrected chi connectivity index (χ4v) is 8.19. The third-order valence-electron chi connectivity index (χ3n) is 10.8. The molecule has 9 aromatic rings. The monoisotopic (exact) mass is 623 g/mol. The maximum Gasteiger partial charge on any atom is 0.0788 e. The number of hydrogen-bond donors (Lipinski definition) is 0. The van der Waals surface area contributed by atoms with Gasteiger partial charge in [-0.1, -0.05) is 135 Å². The Morgan fingerprint density at radius 1 is 0.367 bits per heavy atom. The standard InChI is InChI=1S/C48H33N/c1-48(2)44-16-7-5-14-39(44)42-28-41-40-15-6-8-17-46(40)49-47(43(41)29-45(42)48)38-13-9-12-32(27-38)33-20-21-37-26-36(23-22-35(37)25-33)34-19-18-30-10-3-4-11-31(30)24-34/h3-29H,1-2H3. The molecule has 0 saturated heterocycles. The van der Waals surface area contributed by atoms with Gasteiger partial charge in [-0.15, -0.1) is 0 Å². The summed E-state index contributed by atoms with van der Waals surface area (Å²) < 4.78 is 0. The third kappa shape index (κ3) is 4.36. The molecule has 1 aliphatic rings. The molecule has 1 aromatic heterocycles. The van der Waals surface area contributed by atoms with Gasteiger partial charge in [-0.25, -0.2) is 4.98 Å². The lowest BCUT2D eigenvalue weighted by molar-refractivity contribution is 0.661. The van der Waals surface area contributed by atoms with Crippen molar-refractivity contribution in [3.8, 4) is 44.6 Å². The third-order valence-corrected chi connectivity index (χ3v) is 10.8. The molecule has 0 aliphatic heterocycles. The minimum atomic E-state index is -0.0792. The summed E-state index contributed by atoms with van der Waals surface area (Å²) in [4.78, 5) is 5.34. The van der Waals surface area contributed by atoms with E-state index in [2.05, 4.69) is 178 Å². The zero-order chi connectivity index (χ0) is 32.7. The van der Waals surface area contributed by atoms with Gasteiger partial charge in [0, 0.05) is 21.8 Å². The first kappa shape index (κ1) is 28.0. The molecule has 0 N–H and O–H groups in total. The molecule has 10 rings (SSSR count). The van der Waals surface area contributed by atoms with Crippen molar-refractivity contribution >= 4 is 43.2 Å². The Hall–Kier alpha value is -6.05. The number of benzene rings is 8. The van der Waals surface area contributed by atoms with E-state index in [1.165, 1.54) is 82.2 Å². The fourth-order valence-electron chi connectivity index (χ4n) is 8.19. The predicted molar refractivity (Wildman–Crippen MR) is 208 cm³/mol. The van der Waals surface area contributed by atoms with Gasteiger partial charge < -0.3 is 0 Å². The van der Waals surface area contributed by atoms with Gasteiger partial charge in [0.1, 0.15) is 0 Å². The van der Waals surface area contributed by atoms with E-state index in [1.54, 1.807) is 0 Å². The fraction of sp³-hybridized carbons (Fsp3) is 0.0625. The van der Waals surface area contributed by atoms with Crippen LogP contribution < -0.4 is 0 Å². The molecule has 0 unspecified atom stereocenters. The molecular weight excluding hydrogens is 591 g/mol. The molecule has 1 aliphatic carbocycles. The second-order valence-corrected chi connectivity index (χ2v) is 14.0. The second-order valence-electron chi connectivity index (χ2n) is 14.0. The first-order chi connectivity index (χ1) is 24.0. The maximum atomic E-state index is 5.34. The van der Waals surface area contributed by atoms with Crippen LogP contribution in [0.5, 0.6) is 0 Å². The van der Waals surface area contributed by atoms with Crippen LogP contribution in [0.25, 0.3) is 87.9 Å². The van der Waals surface area contributed by atoms with Gasteiger partial charge in [0.05, 0.1) is 11.2 Å². The second kappa shape index (κ2) is 10.5. The van der Waals surface area contributed by atoms with E-state index in [1.807, 2.05) is 0 Å². The molecule has 0 bridgehead atoms. The van der Waals surface area contributed by atoms with Gasteiger partial charge in [-0.3, -0.25) is 0 Å². The number of rotatable bonds is 3. The number of nitrogens with zero attached hydrogens (tertiary/aromatic N) is 1. The first-order valence-electron chi connectivity index (χ1n) is 17.1. The van der Waals surface area contributed by atoms with Crippen molar-refractivity contribution in [2.24, 2.45) is 0 Å². The number of aromatic nitrogens is 1. The Bertz CT molecular complexity index is 2800. The van der Waals surface area contributed by atoms with Crippen molar-refractivity contribution < 1.29 is 0 Å². The lowest BCUT2D eigenvalue weighted by atomic mass is 9.81. The molecule has 8 aromatic carbocycles. The van der Waals surface area contributed by atoms with Crippen LogP contribution in [0.15, 0.2) is 164 Å². The number of fused-ring (bicyclic) bond motifs is 8. The van der Waals surface area contributed by atoms with E-state index in [9.17, 15) is 0 Å². The summed E-state index contributed by atoms with van der Waals surface area (Å²) in [5.74, 6) is 0. The SMILES string of the molecule is CC1(C)c2ccccc2-c2cc3c(cc21)c(-c1cccc(-c2ccc4cc(-c5ccc6ccccc6c5)ccc4c2)c1)nc1ccccc13. The molecular formula is C48H33N. The molecule has 49 heavy (non-hydrogen) atoms. The topological polar surface area (TPSA) is 12.9 Å². The molecule has 0 radical (unpaired) electrons. The highest BCUT2D eigenvalue weighted by molar-refractivity contribution is 6.13. The highest BCUT2D eigenvalue weighted by Crippen LogP contribution is 2.51. The van der Waals surface area contributed by atoms with Crippen molar-refractivity contribution in [3.05, 3.63) is 175 Å². The van der Waals surface area contributed by atoms with Gasteiger partial charge in [-0.2, -0.15) is 0 Å². The van der Waals surface area contributed by atoms with Crippen LogP contribution in [0.2, 0.25) is 0 Å². The Balaban J connectivity index is 1.09. The highest BCUT2D eigenvalue weighted by Gasteiger charge is 2.35. The molecule has 0 spiro atoms. The molecule has 0 atom stereocenters. The van der Waals surface area contributed by atoms with Gasteiger partial charge in [0.2, 0.25) is 0 Å². The highest BCUT2D eigenvalue weighted by atomic mass is 14.7. The maximum absolute atomic E-state index is 5.34.